The third-order valence-corrected chi connectivity index (χ3v) is 5.02. The van der Waals surface area contributed by atoms with Crippen LogP contribution in [-0.2, 0) is 9.59 Å². The number of piperidine rings is 1. The Bertz CT molecular complexity index is 516. The highest BCUT2D eigenvalue weighted by atomic mass is 19.4. The molecular formula is C17H24F3N3O2. The number of hydrogen-bond donors (Lipinski definition) is 1. The van der Waals surface area contributed by atoms with E-state index in [1.54, 1.807) is 6.07 Å². The van der Waals surface area contributed by atoms with Gasteiger partial charge in [-0.15, -0.1) is 0 Å². The lowest BCUT2D eigenvalue weighted by Gasteiger charge is -2.32. The number of halogens is 3. The van der Waals surface area contributed by atoms with Crippen molar-refractivity contribution in [3.63, 3.8) is 0 Å². The fourth-order valence-corrected chi connectivity index (χ4v) is 3.65. The maximum absolute atomic E-state index is 12.5. The number of carbonyl (C=O) groups is 2. The molecule has 1 N–H and O–H groups in total. The Labute approximate surface area is 145 Å². The van der Waals surface area contributed by atoms with E-state index in [1.807, 2.05) is 0 Å². The van der Waals surface area contributed by atoms with E-state index in [2.05, 4.69) is 5.32 Å². The van der Waals surface area contributed by atoms with Crippen molar-refractivity contribution in [1.29, 1.82) is 5.26 Å². The molecule has 1 unspecified atom stereocenters. The normalized spacial score (nSPS) is 22.2. The van der Waals surface area contributed by atoms with Crippen LogP contribution in [0.5, 0.6) is 0 Å². The number of rotatable bonds is 5. The Balaban J connectivity index is 1.85. The minimum absolute atomic E-state index is 0.0125. The first-order valence-electron chi connectivity index (χ1n) is 8.83. The van der Waals surface area contributed by atoms with Crippen LogP contribution >= 0.6 is 0 Å². The first-order chi connectivity index (χ1) is 11.8. The van der Waals surface area contributed by atoms with Crippen molar-refractivity contribution in [2.24, 2.45) is 11.8 Å². The van der Waals surface area contributed by atoms with Gasteiger partial charge < -0.3 is 5.32 Å². The predicted octanol–water partition coefficient (Wildman–Crippen LogP) is 2.42. The van der Waals surface area contributed by atoms with Crippen molar-refractivity contribution in [1.82, 2.24) is 10.2 Å². The second kappa shape index (κ2) is 8.65. The van der Waals surface area contributed by atoms with Gasteiger partial charge in [0.15, 0.2) is 11.7 Å². The second-order valence-electron chi connectivity index (χ2n) is 6.97. The van der Waals surface area contributed by atoms with Crippen LogP contribution in [-0.4, -0.2) is 48.4 Å². The quantitative estimate of drug-likeness (QED) is 0.765. The number of nitrogens with zero attached hydrogens (tertiary/aromatic N) is 2. The summed E-state index contributed by atoms with van der Waals surface area (Å²) in [5.74, 6) is -2.90. The van der Waals surface area contributed by atoms with Gasteiger partial charge in [0.25, 0.3) is 0 Å². The average molecular weight is 359 g/mol. The highest BCUT2D eigenvalue weighted by molar-refractivity contribution is 6.05. The van der Waals surface area contributed by atoms with Crippen LogP contribution in [0.1, 0.15) is 44.9 Å². The summed E-state index contributed by atoms with van der Waals surface area (Å²) in [7, 11) is 0. The Morgan fingerprint density at radius 3 is 2.24 bits per heavy atom. The van der Waals surface area contributed by atoms with Crippen LogP contribution in [0, 0.1) is 23.2 Å². The van der Waals surface area contributed by atoms with Crippen molar-refractivity contribution in [2.75, 3.05) is 19.6 Å². The van der Waals surface area contributed by atoms with Gasteiger partial charge in [0.2, 0.25) is 5.91 Å². The second-order valence-corrected chi connectivity index (χ2v) is 6.97. The van der Waals surface area contributed by atoms with E-state index in [9.17, 15) is 28.0 Å². The number of carbonyl (C=O) groups excluding carboxylic acids is 2. The molecule has 0 radical (unpaired) electrons. The van der Waals surface area contributed by atoms with Crippen LogP contribution in [0.4, 0.5) is 13.2 Å². The SMILES string of the molecule is N#CC(C(=O)NC1CCCCC1)C(=O)C1CCN(CC(F)(F)F)CC1. The molecule has 1 saturated carbocycles. The zero-order valence-corrected chi connectivity index (χ0v) is 14.1. The van der Waals surface area contributed by atoms with Crippen molar-refractivity contribution in [2.45, 2.75) is 57.2 Å². The number of likely N-dealkylation sites (tertiary alicyclic amines) is 1. The number of amides is 1. The minimum atomic E-state index is -4.26. The van der Waals surface area contributed by atoms with Gasteiger partial charge in [-0.2, -0.15) is 18.4 Å². The molecule has 0 aromatic heterocycles. The van der Waals surface area contributed by atoms with Crippen molar-refractivity contribution in [3.8, 4) is 6.07 Å². The van der Waals surface area contributed by atoms with Gasteiger partial charge >= 0.3 is 6.18 Å². The highest BCUT2D eigenvalue weighted by Crippen LogP contribution is 2.25. The largest absolute Gasteiger partial charge is 0.401 e. The summed E-state index contributed by atoms with van der Waals surface area (Å²) in [6.07, 6.45) is 1.13. The van der Waals surface area contributed by atoms with Crippen molar-refractivity contribution >= 4 is 11.7 Å². The van der Waals surface area contributed by atoms with Gasteiger partial charge in [-0.3, -0.25) is 14.5 Å². The fourth-order valence-electron chi connectivity index (χ4n) is 3.65. The Hall–Kier alpha value is -1.62. The van der Waals surface area contributed by atoms with E-state index in [1.165, 1.54) is 4.90 Å². The summed E-state index contributed by atoms with van der Waals surface area (Å²) >= 11 is 0. The third kappa shape index (κ3) is 5.99. The molecule has 5 nitrogen and oxygen atoms in total. The third-order valence-electron chi connectivity index (χ3n) is 5.02. The topological polar surface area (TPSA) is 73.2 Å². The summed E-state index contributed by atoms with van der Waals surface area (Å²) in [6, 6.07) is 1.80. The summed E-state index contributed by atoms with van der Waals surface area (Å²) < 4.78 is 37.2. The van der Waals surface area contributed by atoms with Gasteiger partial charge in [0, 0.05) is 12.0 Å². The average Bonchev–Trinajstić information content (AvgIpc) is 2.55. The van der Waals surface area contributed by atoms with Crippen LogP contribution in [0.25, 0.3) is 0 Å². The minimum Gasteiger partial charge on any atom is -0.352 e. The molecule has 0 aromatic rings. The number of hydrogen-bond acceptors (Lipinski definition) is 4. The lowest BCUT2D eigenvalue weighted by atomic mass is 9.85. The van der Waals surface area contributed by atoms with Crippen LogP contribution in [0.15, 0.2) is 0 Å². The molecule has 1 saturated heterocycles. The molecule has 140 valence electrons. The Kier molecular flexibility index (Phi) is 6.82. The van der Waals surface area contributed by atoms with Gasteiger partial charge in [0.05, 0.1) is 12.6 Å². The zero-order chi connectivity index (χ0) is 18.4. The molecule has 2 rings (SSSR count). The molecular weight excluding hydrogens is 335 g/mol. The molecule has 2 fully saturated rings. The summed E-state index contributed by atoms with van der Waals surface area (Å²) in [4.78, 5) is 26.0. The smallest absolute Gasteiger partial charge is 0.352 e. The summed E-state index contributed by atoms with van der Waals surface area (Å²) in [5, 5.41) is 12.0. The van der Waals surface area contributed by atoms with E-state index in [0.717, 1.165) is 32.1 Å². The lowest BCUT2D eigenvalue weighted by Crippen LogP contribution is -2.46. The standard InChI is InChI=1S/C17H24F3N3O2/c18-17(19,20)11-23-8-6-12(7-9-23)15(24)14(10-21)16(25)22-13-4-2-1-3-5-13/h12-14H,1-9,11H2,(H,22,25). The van der Waals surface area contributed by atoms with E-state index in [4.69, 9.17) is 0 Å². The number of alkyl halides is 3. The number of Topliss-reactive ketones (excluding diaryl/α,β-unsaturated/α-hetero) is 1. The van der Waals surface area contributed by atoms with Crippen molar-refractivity contribution in [3.05, 3.63) is 0 Å². The van der Waals surface area contributed by atoms with E-state index in [0.29, 0.717) is 0 Å². The van der Waals surface area contributed by atoms with Gasteiger partial charge in [-0.25, -0.2) is 0 Å². The molecule has 1 amide bonds. The Morgan fingerprint density at radius 2 is 1.72 bits per heavy atom. The molecule has 0 spiro atoms. The predicted molar refractivity (Wildman–Crippen MR) is 84.3 cm³/mol. The van der Waals surface area contributed by atoms with Crippen LogP contribution < -0.4 is 5.32 Å². The summed E-state index contributed by atoms with van der Waals surface area (Å²) in [5.41, 5.74) is 0. The molecule has 2 aliphatic rings. The maximum Gasteiger partial charge on any atom is 0.401 e. The zero-order valence-electron chi connectivity index (χ0n) is 14.1. The molecule has 1 aliphatic heterocycles. The molecule has 8 heteroatoms. The lowest BCUT2D eigenvalue weighted by molar-refractivity contribution is -0.149. The molecule has 25 heavy (non-hydrogen) atoms. The van der Waals surface area contributed by atoms with Crippen molar-refractivity contribution < 1.29 is 22.8 Å². The van der Waals surface area contributed by atoms with E-state index >= 15 is 0 Å². The monoisotopic (exact) mass is 359 g/mol. The first-order valence-corrected chi connectivity index (χ1v) is 8.83. The van der Waals surface area contributed by atoms with Crippen LogP contribution in [0.3, 0.4) is 0 Å². The number of ketones is 1. The van der Waals surface area contributed by atoms with E-state index in [-0.39, 0.29) is 32.0 Å². The molecule has 1 aliphatic carbocycles. The number of nitriles is 1. The van der Waals surface area contributed by atoms with Gasteiger partial charge in [0.1, 0.15) is 0 Å². The Morgan fingerprint density at radius 1 is 1.12 bits per heavy atom. The van der Waals surface area contributed by atoms with Gasteiger partial charge in [-0.05, 0) is 38.8 Å². The van der Waals surface area contributed by atoms with E-state index < -0.39 is 36.2 Å². The molecule has 1 atom stereocenters. The fraction of sp³-hybridized carbons (Fsp3) is 0.824. The highest BCUT2D eigenvalue weighted by Gasteiger charge is 2.37. The molecule has 0 aromatic carbocycles. The summed E-state index contributed by atoms with van der Waals surface area (Å²) in [6.45, 7) is -0.686. The van der Waals surface area contributed by atoms with Gasteiger partial charge in [-0.1, -0.05) is 19.3 Å². The van der Waals surface area contributed by atoms with Crippen LogP contribution in [0.2, 0.25) is 0 Å². The maximum atomic E-state index is 12.5. The number of nitrogens with one attached hydrogen (secondary N) is 1. The molecule has 0 bridgehead atoms. The molecule has 1 heterocycles. The first kappa shape index (κ1) is 19.7.